The Bertz CT molecular complexity index is 1170. The lowest BCUT2D eigenvalue weighted by atomic mass is 10.2. The predicted octanol–water partition coefficient (Wildman–Crippen LogP) is 5.80. The molecule has 1 aromatic heterocycles. The molecule has 0 saturated heterocycles. The molecule has 4 rings (SSSR count). The Hall–Kier alpha value is -3.55. The first-order chi connectivity index (χ1) is 13.2. The van der Waals surface area contributed by atoms with Gasteiger partial charge in [0.15, 0.2) is 0 Å². The Morgan fingerprint density at radius 1 is 0.963 bits per heavy atom. The summed E-state index contributed by atoms with van der Waals surface area (Å²) in [6.45, 7) is 0. The molecule has 0 saturated carbocycles. The molecule has 0 aliphatic carbocycles. The summed E-state index contributed by atoms with van der Waals surface area (Å²) in [6.07, 6.45) is 7.00. The van der Waals surface area contributed by atoms with Crippen LogP contribution < -0.4 is 10.1 Å². The van der Waals surface area contributed by atoms with E-state index >= 15 is 0 Å². The molecule has 4 nitrogen and oxygen atoms in total. The molecule has 1 heterocycles. The molecule has 0 bridgehead atoms. The minimum absolute atomic E-state index is 0.548. The quantitative estimate of drug-likeness (QED) is 0.460. The lowest BCUT2D eigenvalue weighted by Gasteiger charge is -2.11. The first-order valence-electron chi connectivity index (χ1n) is 8.24. The summed E-state index contributed by atoms with van der Waals surface area (Å²) in [5.74, 6) is 4.53. The van der Waals surface area contributed by atoms with Crippen LogP contribution in [0.4, 0.5) is 11.5 Å². The largest absolute Gasteiger partial charge is 0.456 e. The van der Waals surface area contributed by atoms with Crippen molar-refractivity contribution in [3.05, 3.63) is 83.6 Å². The van der Waals surface area contributed by atoms with Gasteiger partial charge >= 0.3 is 0 Å². The molecule has 0 aliphatic rings. The van der Waals surface area contributed by atoms with Crippen molar-refractivity contribution >= 4 is 34.0 Å². The summed E-state index contributed by atoms with van der Waals surface area (Å²) in [5, 5.41) is 4.67. The van der Waals surface area contributed by atoms with Gasteiger partial charge in [0.05, 0.1) is 10.5 Å². The standard InChI is InChI=1S/C22H14ClN3O/c1-2-15-6-5-7-16(12-15)26-22-18-13-17(10-11-20(18)24-14-25-22)27-21-9-4-3-8-19(21)23/h1,3-14H,(H,24,25,26). The number of nitrogens with one attached hydrogen (secondary N) is 1. The maximum atomic E-state index is 6.18. The van der Waals surface area contributed by atoms with Gasteiger partial charge in [-0.1, -0.05) is 35.7 Å². The van der Waals surface area contributed by atoms with Crippen LogP contribution in [0.5, 0.6) is 11.5 Å². The van der Waals surface area contributed by atoms with E-state index in [1.165, 1.54) is 6.33 Å². The lowest BCUT2D eigenvalue weighted by Crippen LogP contribution is -1.96. The van der Waals surface area contributed by atoms with Crippen LogP contribution in [0, 0.1) is 12.3 Å². The van der Waals surface area contributed by atoms with Crippen molar-refractivity contribution in [2.24, 2.45) is 0 Å². The summed E-state index contributed by atoms with van der Waals surface area (Å²) in [5.41, 5.74) is 2.44. The van der Waals surface area contributed by atoms with Gasteiger partial charge in [0.1, 0.15) is 23.6 Å². The number of para-hydroxylation sites is 1. The third-order valence-corrected chi connectivity index (χ3v) is 4.28. The first-order valence-corrected chi connectivity index (χ1v) is 8.61. The van der Waals surface area contributed by atoms with E-state index in [9.17, 15) is 0 Å². The molecule has 0 aliphatic heterocycles. The average Bonchev–Trinajstić information content (AvgIpc) is 2.70. The number of terminal acetylenes is 1. The van der Waals surface area contributed by atoms with E-state index in [0.29, 0.717) is 22.3 Å². The monoisotopic (exact) mass is 371 g/mol. The average molecular weight is 372 g/mol. The highest BCUT2D eigenvalue weighted by molar-refractivity contribution is 6.32. The van der Waals surface area contributed by atoms with Gasteiger partial charge < -0.3 is 10.1 Å². The van der Waals surface area contributed by atoms with Crippen molar-refractivity contribution in [2.75, 3.05) is 5.32 Å². The molecule has 4 aromatic rings. The smallest absolute Gasteiger partial charge is 0.146 e. The molecule has 1 N–H and O–H groups in total. The van der Waals surface area contributed by atoms with Crippen LogP contribution in [-0.4, -0.2) is 9.97 Å². The Labute approximate surface area is 161 Å². The van der Waals surface area contributed by atoms with Crippen LogP contribution in [0.2, 0.25) is 5.02 Å². The van der Waals surface area contributed by atoms with Gasteiger partial charge in [0.25, 0.3) is 0 Å². The molecular formula is C22H14ClN3O. The third-order valence-electron chi connectivity index (χ3n) is 3.96. The Kier molecular flexibility index (Phi) is 4.61. The maximum Gasteiger partial charge on any atom is 0.146 e. The Balaban J connectivity index is 1.71. The highest BCUT2D eigenvalue weighted by Crippen LogP contribution is 2.32. The maximum absolute atomic E-state index is 6.18. The van der Waals surface area contributed by atoms with Crippen LogP contribution in [0.15, 0.2) is 73.1 Å². The van der Waals surface area contributed by atoms with E-state index < -0.39 is 0 Å². The highest BCUT2D eigenvalue weighted by Gasteiger charge is 2.08. The molecule has 0 atom stereocenters. The fourth-order valence-electron chi connectivity index (χ4n) is 2.68. The number of hydrogen-bond acceptors (Lipinski definition) is 4. The van der Waals surface area contributed by atoms with Crippen LogP contribution in [0.25, 0.3) is 10.9 Å². The fraction of sp³-hybridized carbons (Fsp3) is 0. The molecule has 0 amide bonds. The van der Waals surface area contributed by atoms with Gasteiger partial charge in [-0.25, -0.2) is 9.97 Å². The molecular weight excluding hydrogens is 358 g/mol. The van der Waals surface area contributed by atoms with Crippen molar-refractivity contribution in [3.63, 3.8) is 0 Å². The van der Waals surface area contributed by atoms with Gasteiger partial charge in [0, 0.05) is 16.6 Å². The number of halogens is 1. The summed E-state index contributed by atoms with van der Waals surface area (Å²) in [7, 11) is 0. The Morgan fingerprint density at radius 3 is 2.70 bits per heavy atom. The number of ether oxygens (including phenoxy) is 1. The van der Waals surface area contributed by atoms with Crippen molar-refractivity contribution in [2.45, 2.75) is 0 Å². The zero-order valence-electron chi connectivity index (χ0n) is 14.2. The van der Waals surface area contributed by atoms with Gasteiger partial charge in [-0.2, -0.15) is 0 Å². The predicted molar refractivity (Wildman–Crippen MR) is 109 cm³/mol. The summed E-state index contributed by atoms with van der Waals surface area (Å²) in [4.78, 5) is 8.69. The van der Waals surface area contributed by atoms with Gasteiger partial charge in [-0.15, -0.1) is 6.42 Å². The first kappa shape index (κ1) is 16.9. The molecule has 5 heteroatoms. The summed E-state index contributed by atoms with van der Waals surface area (Å²) >= 11 is 6.18. The van der Waals surface area contributed by atoms with Crippen molar-refractivity contribution in [3.8, 4) is 23.8 Å². The summed E-state index contributed by atoms with van der Waals surface area (Å²) in [6, 6.07) is 20.5. The number of rotatable bonds is 4. The number of hydrogen-bond donors (Lipinski definition) is 1. The molecule has 27 heavy (non-hydrogen) atoms. The van der Waals surface area contributed by atoms with Crippen LogP contribution in [0.3, 0.4) is 0 Å². The number of benzene rings is 3. The second-order valence-corrected chi connectivity index (χ2v) is 6.19. The number of anilines is 2. The molecule has 0 fully saturated rings. The normalized spacial score (nSPS) is 10.4. The lowest BCUT2D eigenvalue weighted by molar-refractivity contribution is 0.483. The zero-order valence-corrected chi connectivity index (χ0v) is 14.9. The molecule has 130 valence electrons. The van der Waals surface area contributed by atoms with Crippen molar-refractivity contribution < 1.29 is 4.74 Å². The SMILES string of the molecule is C#Cc1cccc(Nc2ncnc3ccc(Oc4ccccc4Cl)cc23)c1. The minimum atomic E-state index is 0.548. The van der Waals surface area contributed by atoms with Crippen molar-refractivity contribution in [1.29, 1.82) is 0 Å². The molecule has 0 radical (unpaired) electrons. The highest BCUT2D eigenvalue weighted by atomic mass is 35.5. The van der Waals surface area contributed by atoms with Crippen LogP contribution >= 0.6 is 11.6 Å². The van der Waals surface area contributed by atoms with Crippen LogP contribution in [-0.2, 0) is 0 Å². The second-order valence-electron chi connectivity index (χ2n) is 5.78. The molecule has 0 spiro atoms. The van der Waals surface area contributed by atoms with E-state index in [1.54, 1.807) is 6.07 Å². The number of nitrogens with zero attached hydrogens (tertiary/aromatic N) is 2. The minimum Gasteiger partial charge on any atom is -0.456 e. The second kappa shape index (κ2) is 7.36. The molecule has 3 aromatic carbocycles. The van der Waals surface area contributed by atoms with Gasteiger partial charge in [-0.05, 0) is 48.5 Å². The van der Waals surface area contributed by atoms with E-state index in [0.717, 1.165) is 22.2 Å². The van der Waals surface area contributed by atoms with Crippen LogP contribution in [0.1, 0.15) is 5.56 Å². The van der Waals surface area contributed by atoms with E-state index in [4.69, 9.17) is 22.8 Å². The number of aromatic nitrogens is 2. The topological polar surface area (TPSA) is 47.0 Å². The van der Waals surface area contributed by atoms with Crippen molar-refractivity contribution in [1.82, 2.24) is 9.97 Å². The van der Waals surface area contributed by atoms with E-state index in [1.807, 2.05) is 60.7 Å². The number of fused-ring (bicyclic) bond motifs is 1. The van der Waals surface area contributed by atoms with Gasteiger partial charge in [-0.3, -0.25) is 0 Å². The van der Waals surface area contributed by atoms with Gasteiger partial charge in [0.2, 0.25) is 0 Å². The Morgan fingerprint density at radius 2 is 1.85 bits per heavy atom. The third kappa shape index (κ3) is 3.69. The summed E-state index contributed by atoms with van der Waals surface area (Å²) < 4.78 is 5.92. The molecule has 0 unspecified atom stereocenters. The zero-order chi connectivity index (χ0) is 18.6. The fourth-order valence-corrected chi connectivity index (χ4v) is 2.85. The van der Waals surface area contributed by atoms with E-state index in [-0.39, 0.29) is 0 Å². The van der Waals surface area contributed by atoms with E-state index in [2.05, 4.69) is 21.2 Å².